The topological polar surface area (TPSA) is 39.2 Å². The maximum Gasteiger partial charge on any atom is 0.356 e. The lowest BCUT2D eigenvalue weighted by atomic mass is 10.2. The van der Waals surface area contributed by atoms with Gasteiger partial charge >= 0.3 is 5.97 Å². The Morgan fingerprint density at radius 1 is 1.65 bits per heavy atom. The van der Waals surface area contributed by atoms with Gasteiger partial charge in [-0.15, -0.1) is 0 Å². The molecule has 17 heavy (non-hydrogen) atoms. The lowest BCUT2D eigenvalue weighted by Crippen LogP contribution is -2.11. The van der Waals surface area contributed by atoms with Crippen LogP contribution >= 0.6 is 38.5 Å². The van der Waals surface area contributed by atoms with Gasteiger partial charge in [-0.05, 0) is 35.6 Å². The fourth-order valence-electron chi connectivity index (χ4n) is 1.16. The van der Waals surface area contributed by atoms with E-state index in [4.69, 9.17) is 4.74 Å². The minimum absolute atomic E-state index is 0.0861. The smallest absolute Gasteiger partial charge is 0.356 e. The van der Waals surface area contributed by atoms with Crippen LogP contribution < -0.4 is 0 Å². The summed E-state index contributed by atoms with van der Waals surface area (Å²) < 4.78 is 30.6. The van der Waals surface area contributed by atoms with Crippen molar-refractivity contribution in [2.45, 2.75) is 18.7 Å². The van der Waals surface area contributed by atoms with Gasteiger partial charge in [0, 0.05) is 14.5 Å². The number of pyridine rings is 1. The van der Waals surface area contributed by atoms with E-state index in [1.807, 2.05) is 0 Å². The lowest BCUT2D eigenvalue weighted by Gasteiger charge is -2.09. The van der Waals surface area contributed by atoms with Crippen LogP contribution in [0.1, 0.15) is 35.1 Å². The Balaban J connectivity index is 3.25. The predicted molar refractivity (Wildman–Crippen MR) is 70.5 cm³/mol. The summed E-state index contributed by atoms with van der Waals surface area (Å²) in [5.74, 6) is -0.687. The number of carbonyl (C=O) groups is 1. The summed E-state index contributed by atoms with van der Waals surface area (Å²) in [5, 5.41) is 0.304. The van der Waals surface area contributed by atoms with Gasteiger partial charge in [0.05, 0.1) is 12.3 Å². The molecule has 0 aliphatic heterocycles. The van der Waals surface area contributed by atoms with Crippen molar-refractivity contribution in [2.75, 3.05) is 6.61 Å². The maximum absolute atomic E-state index is 12.8. The molecule has 0 radical (unpaired) electrons. The molecule has 0 saturated carbocycles. The average Bonchev–Trinajstić information content (AvgIpc) is 2.29. The van der Waals surface area contributed by atoms with Crippen molar-refractivity contribution >= 4 is 44.5 Å². The van der Waals surface area contributed by atoms with Crippen molar-refractivity contribution in [1.29, 1.82) is 0 Å². The highest BCUT2D eigenvalue weighted by atomic mass is 127. The van der Waals surface area contributed by atoms with Gasteiger partial charge in [0.25, 0.3) is 6.43 Å². The van der Waals surface area contributed by atoms with Crippen LogP contribution in [-0.2, 0) is 10.1 Å². The number of halogens is 4. The molecule has 0 aliphatic carbocycles. The van der Waals surface area contributed by atoms with E-state index in [2.05, 4.69) is 20.9 Å². The van der Waals surface area contributed by atoms with Crippen LogP contribution in [0.2, 0.25) is 0 Å². The summed E-state index contributed by atoms with van der Waals surface area (Å²) >= 11 is 4.94. The molecule has 3 nitrogen and oxygen atoms in total. The molecule has 1 aromatic heterocycles. The standard InChI is InChI=1S/C10H9BrF2INO2/c1-2-17-10(16)6-3-5(9(12)13)8(14)7(4-11)15-6/h3,9H,2,4H2,1H3. The summed E-state index contributed by atoms with van der Waals surface area (Å²) in [7, 11) is 0. The Kier molecular flexibility index (Phi) is 5.71. The first-order valence-corrected chi connectivity index (χ1v) is 6.91. The maximum atomic E-state index is 12.8. The summed E-state index contributed by atoms with van der Waals surface area (Å²) in [6, 6.07) is 1.08. The highest BCUT2D eigenvalue weighted by Gasteiger charge is 2.20. The normalized spacial score (nSPS) is 10.7. The number of carbonyl (C=O) groups excluding carboxylic acids is 1. The van der Waals surface area contributed by atoms with Crippen molar-refractivity contribution in [3.05, 3.63) is 26.6 Å². The van der Waals surface area contributed by atoms with Crippen LogP contribution in [0.5, 0.6) is 0 Å². The molecule has 0 aliphatic rings. The second-order valence-corrected chi connectivity index (χ2v) is 4.65. The number of ether oxygens (including phenoxy) is 1. The van der Waals surface area contributed by atoms with Crippen molar-refractivity contribution in [3.63, 3.8) is 0 Å². The Morgan fingerprint density at radius 3 is 2.76 bits per heavy atom. The quantitative estimate of drug-likeness (QED) is 0.424. The van der Waals surface area contributed by atoms with Crippen LogP contribution in [0.25, 0.3) is 0 Å². The van der Waals surface area contributed by atoms with E-state index in [1.54, 1.807) is 29.5 Å². The van der Waals surface area contributed by atoms with Crippen molar-refractivity contribution in [1.82, 2.24) is 4.98 Å². The second kappa shape index (κ2) is 6.58. The SMILES string of the molecule is CCOC(=O)c1cc(C(F)F)c(I)c(CBr)n1. The van der Waals surface area contributed by atoms with E-state index in [0.717, 1.165) is 6.07 Å². The average molecular weight is 420 g/mol. The highest BCUT2D eigenvalue weighted by molar-refractivity contribution is 14.1. The fourth-order valence-corrected chi connectivity index (χ4v) is 2.79. The second-order valence-electron chi connectivity index (χ2n) is 3.01. The Bertz CT molecular complexity index is 429. The molecule has 1 rings (SSSR count). The number of hydrogen-bond acceptors (Lipinski definition) is 3. The van der Waals surface area contributed by atoms with Crippen LogP contribution in [0.4, 0.5) is 8.78 Å². The minimum atomic E-state index is -2.64. The van der Waals surface area contributed by atoms with Gasteiger partial charge in [-0.25, -0.2) is 18.6 Å². The van der Waals surface area contributed by atoms with Crippen molar-refractivity contribution in [3.8, 4) is 0 Å². The molecular formula is C10H9BrF2INO2. The Hall–Kier alpha value is -0.310. The third kappa shape index (κ3) is 3.57. The zero-order valence-corrected chi connectivity index (χ0v) is 12.6. The Morgan fingerprint density at radius 2 is 2.29 bits per heavy atom. The number of nitrogens with zero attached hydrogens (tertiary/aromatic N) is 1. The van der Waals surface area contributed by atoms with E-state index >= 15 is 0 Å². The molecule has 94 valence electrons. The largest absolute Gasteiger partial charge is 0.461 e. The molecule has 7 heteroatoms. The molecule has 1 heterocycles. The van der Waals surface area contributed by atoms with E-state index in [9.17, 15) is 13.6 Å². The van der Waals surface area contributed by atoms with Crippen LogP contribution in [0.3, 0.4) is 0 Å². The molecule has 0 amide bonds. The van der Waals surface area contributed by atoms with Gasteiger partial charge in [0.2, 0.25) is 0 Å². The lowest BCUT2D eigenvalue weighted by molar-refractivity contribution is 0.0518. The first kappa shape index (κ1) is 14.7. The molecule has 1 aromatic rings. The Labute approximate surface area is 119 Å². The molecule has 0 spiro atoms. The zero-order valence-electron chi connectivity index (χ0n) is 8.84. The molecule has 0 fully saturated rings. The van der Waals surface area contributed by atoms with Crippen LogP contribution in [0.15, 0.2) is 6.07 Å². The monoisotopic (exact) mass is 419 g/mol. The van der Waals surface area contributed by atoms with Gasteiger partial charge in [-0.3, -0.25) is 0 Å². The number of hydrogen-bond donors (Lipinski definition) is 0. The van der Waals surface area contributed by atoms with E-state index in [-0.39, 0.29) is 17.9 Å². The molecule has 0 N–H and O–H groups in total. The zero-order chi connectivity index (χ0) is 13.0. The summed E-state index contributed by atoms with van der Waals surface area (Å²) in [6.45, 7) is 1.82. The molecule has 0 aromatic carbocycles. The first-order chi connectivity index (χ1) is 8.01. The fraction of sp³-hybridized carbons (Fsp3) is 0.400. The first-order valence-electron chi connectivity index (χ1n) is 4.71. The van der Waals surface area contributed by atoms with Crippen LogP contribution in [-0.4, -0.2) is 17.6 Å². The van der Waals surface area contributed by atoms with Gasteiger partial charge in [0.1, 0.15) is 5.69 Å². The molecule has 0 unspecified atom stereocenters. The van der Waals surface area contributed by atoms with Gasteiger partial charge < -0.3 is 4.74 Å². The number of esters is 1. The highest BCUT2D eigenvalue weighted by Crippen LogP contribution is 2.28. The number of alkyl halides is 3. The summed E-state index contributed by atoms with van der Waals surface area (Å²) in [4.78, 5) is 15.4. The molecular weight excluding hydrogens is 411 g/mol. The van der Waals surface area contributed by atoms with Gasteiger partial charge in [-0.2, -0.15) is 0 Å². The summed E-state index contributed by atoms with van der Waals surface area (Å²) in [5.41, 5.74) is 0.126. The minimum Gasteiger partial charge on any atom is -0.461 e. The molecule has 0 bridgehead atoms. The van der Waals surface area contributed by atoms with E-state index in [0.29, 0.717) is 14.6 Å². The molecule has 0 atom stereocenters. The summed E-state index contributed by atoms with van der Waals surface area (Å²) in [6.07, 6.45) is -2.64. The third-order valence-corrected chi connectivity index (χ3v) is 3.68. The number of aromatic nitrogens is 1. The third-order valence-electron chi connectivity index (χ3n) is 1.90. The van der Waals surface area contributed by atoms with Gasteiger partial charge in [0.15, 0.2) is 0 Å². The predicted octanol–water partition coefficient (Wildman–Crippen LogP) is 3.70. The van der Waals surface area contributed by atoms with Crippen LogP contribution in [0, 0.1) is 3.57 Å². The van der Waals surface area contributed by atoms with E-state index < -0.39 is 12.4 Å². The number of rotatable bonds is 4. The van der Waals surface area contributed by atoms with E-state index in [1.165, 1.54) is 0 Å². The van der Waals surface area contributed by atoms with Crippen molar-refractivity contribution < 1.29 is 18.3 Å². The van der Waals surface area contributed by atoms with Crippen molar-refractivity contribution in [2.24, 2.45) is 0 Å². The molecule has 0 saturated heterocycles. The van der Waals surface area contributed by atoms with Gasteiger partial charge in [-0.1, -0.05) is 15.9 Å².